The molecule has 0 bridgehead atoms. The van der Waals surface area contributed by atoms with Crippen molar-refractivity contribution in [1.29, 1.82) is 0 Å². The minimum atomic E-state index is 0.249. The molecule has 158 valence electrons. The predicted octanol–water partition coefficient (Wildman–Crippen LogP) is 5.02. The average Bonchev–Trinajstić information content (AvgIpc) is 3.34. The lowest BCUT2D eigenvalue weighted by Crippen LogP contribution is -2.17. The molecule has 0 radical (unpaired) electrons. The highest BCUT2D eigenvalue weighted by Gasteiger charge is 2.34. The van der Waals surface area contributed by atoms with Gasteiger partial charge in [-0.3, -0.25) is 4.98 Å². The van der Waals surface area contributed by atoms with Crippen molar-refractivity contribution in [2.45, 2.75) is 33.2 Å². The highest BCUT2D eigenvalue weighted by atomic mass is 16.5. The van der Waals surface area contributed by atoms with Crippen molar-refractivity contribution in [3.63, 3.8) is 0 Å². The van der Waals surface area contributed by atoms with E-state index in [9.17, 15) is 0 Å². The van der Waals surface area contributed by atoms with E-state index in [0.29, 0.717) is 17.5 Å². The Morgan fingerprint density at radius 3 is 2.39 bits per heavy atom. The molecule has 7 nitrogen and oxygen atoms in total. The smallest absolute Gasteiger partial charge is 0.260 e. The van der Waals surface area contributed by atoms with E-state index in [4.69, 9.17) is 14.0 Å². The predicted molar refractivity (Wildman–Crippen MR) is 117 cm³/mol. The molecule has 1 aliphatic rings. The number of hydrogen-bond donors (Lipinski definition) is 0. The number of benzene rings is 1. The first-order valence-electron chi connectivity index (χ1n) is 10.2. The molecule has 4 heterocycles. The fraction of sp³-hybridized carbons (Fsp3) is 0.292. The van der Waals surface area contributed by atoms with E-state index in [0.717, 1.165) is 45.8 Å². The topological polar surface area (TPSA) is 75.2 Å². The Labute approximate surface area is 180 Å². The first kappa shape index (κ1) is 19.4. The van der Waals surface area contributed by atoms with E-state index in [2.05, 4.69) is 39.6 Å². The van der Waals surface area contributed by atoms with Gasteiger partial charge in [-0.05, 0) is 62.6 Å². The van der Waals surface area contributed by atoms with Crippen LogP contribution in [-0.4, -0.2) is 33.9 Å². The van der Waals surface area contributed by atoms with Crippen molar-refractivity contribution in [3.8, 4) is 45.3 Å². The maximum Gasteiger partial charge on any atom is 0.260 e. The summed E-state index contributed by atoms with van der Waals surface area (Å²) >= 11 is 0. The molecule has 5 rings (SSSR count). The molecule has 7 heteroatoms. The molecule has 0 amide bonds. The zero-order valence-electron chi connectivity index (χ0n) is 18.3. The maximum atomic E-state index is 5.70. The van der Waals surface area contributed by atoms with E-state index in [1.54, 1.807) is 26.6 Å². The van der Waals surface area contributed by atoms with Crippen LogP contribution in [0.15, 0.2) is 41.2 Å². The fourth-order valence-corrected chi connectivity index (χ4v) is 4.72. The summed E-state index contributed by atoms with van der Waals surface area (Å²) in [4.78, 5) is 8.79. The zero-order valence-corrected chi connectivity index (χ0v) is 18.3. The van der Waals surface area contributed by atoms with Crippen molar-refractivity contribution in [3.05, 3.63) is 53.7 Å². The van der Waals surface area contributed by atoms with Crippen LogP contribution in [0.3, 0.4) is 0 Å². The number of ether oxygens (including phenoxy) is 2. The molecular weight excluding hydrogens is 392 g/mol. The summed E-state index contributed by atoms with van der Waals surface area (Å²) in [5, 5.41) is 4.07. The van der Waals surface area contributed by atoms with Crippen molar-refractivity contribution in [1.82, 2.24) is 19.7 Å². The van der Waals surface area contributed by atoms with Gasteiger partial charge in [-0.2, -0.15) is 4.98 Å². The van der Waals surface area contributed by atoms with E-state index >= 15 is 0 Å². The molecule has 1 aliphatic heterocycles. The summed E-state index contributed by atoms with van der Waals surface area (Å²) < 4.78 is 19.3. The van der Waals surface area contributed by atoms with E-state index in [-0.39, 0.29) is 6.04 Å². The summed E-state index contributed by atoms with van der Waals surface area (Å²) in [6, 6.07) is 8.40. The van der Waals surface area contributed by atoms with Crippen molar-refractivity contribution < 1.29 is 14.0 Å². The van der Waals surface area contributed by atoms with Gasteiger partial charge in [0.15, 0.2) is 17.3 Å². The lowest BCUT2D eigenvalue weighted by Gasteiger charge is -2.28. The standard InChI is InChI=1S/C24H24N4O3/c1-13-10-17-11-19(29-4)20(30-5)12-18(17)23-22(24-26-15(3)27-31-24)21(14(2)28(13)23)16-6-8-25-9-7-16/h6-9,11-13H,10H2,1-5H3. The Hall–Kier alpha value is -3.61. The SMILES string of the molecule is COc1cc2c(cc1OC)-c1c(-c3nc(C)no3)c(-c3ccncc3)c(C)n1C(C)C2. The van der Waals surface area contributed by atoms with E-state index in [1.807, 2.05) is 25.1 Å². The molecule has 0 saturated carbocycles. The summed E-state index contributed by atoms with van der Waals surface area (Å²) in [5.41, 5.74) is 7.58. The third-order valence-electron chi connectivity index (χ3n) is 5.98. The van der Waals surface area contributed by atoms with Gasteiger partial charge in [0.05, 0.1) is 25.5 Å². The van der Waals surface area contributed by atoms with Crippen molar-refractivity contribution in [2.24, 2.45) is 0 Å². The van der Waals surface area contributed by atoms with Gasteiger partial charge in [-0.1, -0.05) is 5.16 Å². The Kier molecular flexibility index (Phi) is 4.54. The van der Waals surface area contributed by atoms with Gasteiger partial charge in [0.1, 0.15) is 0 Å². The first-order chi connectivity index (χ1) is 15.0. The second-order valence-corrected chi connectivity index (χ2v) is 7.85. The van der Waals surface area contributed by atoms with Gasteiger partial charge >= 0.3 is 0 Å². The highest BCUT2D eigenvalue weighted by molar-refractivity contribution is 5.95. The van der Waals surface area contributed by atoms with Crippen LogP contribution >= 0.6 is 0 Å². The molecule has 31 heavy (non-hydrogen) atoms. The summed E-state index contributed by atoms with van der Waals surface area (Å²) in [5.74, 6) is 2.54. The van der Waals surface area contributed by atoms with Crippen LogP contribution in [0.4, 0.5) is 0 Å². The number of fused-ring (bicyclic) bond motifs is 3. The van der Waals surface area contributed by atoms with Crippen LogP contribution in [0.5, 0.6) is 11.5 Å². The quantitative estimate of drug-likeness (QED) is 0.465. The second kappa shape index (κ2) is 7.27. The van der Waals surface area contributed by atoms with Gasteiger partial charge in [-0.15, -0.1) is 0 Å². The summed E-state index contributed by atoms with van der Waals surface area (Å²) in [6.45, 7) is 6.21. The number of methoxy groups -OCH3 is 2. The number of pyridine rings is 1. The molecule has 1 atom stereocenters. The van der Waals surface area contributed by atoms with E-state index < -0.39 is 0 Å². The Balaban J connectivity index is 1.90. The Bertz CT molecular complexity index is 1270. The first-order valence-corrected chi connectivity index (χ1v) is 10.2. The summed E-state index contributed by atoms with van der Waals surface area (Å²) in [6.07, 6.45) is 4.50. The van der Waals surface area contributed by atoms with Crippen LogP contribution in [0, 0.1) is 13.8 Å². The zero-order chi connectivity index (χ0) is 21.7. The number of rotatable bonds is 4. The van der Waals surface area contributed by atoms with Gasteiger partial charge in [0, 0.05) is 35.3 Å². The number of aromatic nitrogens is 4. The normalized spacial score (nSPS) is 14.8. The molecule has 1 aromatic carbocycles. The second-order valence-electron chi connectivity index (χ2n) is 7.85. The van der Waals surface area contributed by atoms with Gasteiger partial charge in [0.25, 0.3) is 5.89 Å². The third kappa shape index (κ3) is 2.91. The number of aryl methyl sites for hydroxylation is 1. The lowest BCUT2D eigenvalue weighted by molar-refractivity contribution is 0.354. The molecule has 1 unspecified atom stereocenters. The molecule has 0 aliphatic carbocycles. The van der Waals surface area contributed by atoms with Gasteiger partial charge in [0.2, 0.25) is 0 Å². The molecule has 3 aromatic heterocycles. The molecule has 0 fully saturated rings. The van der Waals surface area contributed by atoms with Crippen LogP contribution in [0.25, 0.3) is 33.8 Å². The third-order valence-corrected chi connectivity index (χ3v) is 5.98. The van der Waals surface area contributed by atoms with Gasteiger partial charge in [-0.25, -0.2) is 0 Å². The Morgan fingerprint density at radius 2 is 1.74 bits per heavy atom. The summed E-state index contributed by atoms with van der Waals surface area (Å²) in [7, 11) is 3.32. The molecule has 0 saturated heterocycles. The Morgan fingerprint density at radius 1 is 1.03 bits per heavy atom. The minimum absolute atomic E-state index is 0.249. The van der Waals surface area contributed by atoms with Crippen LogP contribution < -0.4 is 9.47 Å². The van der Waals surface area contributed by atoms with Crippen LogP contribution in [0.2, 0.25) is 0 Å². The monoisotopic (exact) mass is 416 g/mol. The maximum absolute atomic E-state index is 5.70. The van der Waals surface area contributed by atoms with Crippen LogP contribution in [-0.2, 0) is 6.42 Å². The molecule has 0 N–H and O–H groups in total. The van der Waals surface area contributed by atoms with Crippen molar-refractivity contribution >= 4 is 0 Å². The van der Waals surface area contributed by atoms with E-state index in [1.165, 1.54) is 5.56 Å². The van der Waals surface area contributed by atoms with Crippen molar-refractivity contribution in [2.75, 3.05) is 14.2 Å². The fourth-order valence-electron chi connectivity index (χ4n) is 4.72. The molecule has 0 spiro atoms. The van der Waals surface area contributed by atoms with Gasteiger partial charge < -0.3 is 18.6 Å². The lowest BCUT2D eigenvalue weighted by atomic mass is 9.91. The highest BCUT2D eigenvalue weighted by Crippen LogP contribution is 2.50. The largest absolute Gasteiger partial charge is 0.493 e. The number of hydrogen-bond acceptors (Lipinski definition) is 6. The minimum Gasteiger partial charge on any atom is -0.493 e. The van der Waals surface area contributed by atoms with Crippen LogP contribution in [0.1, 0.15) is 30.0 Å². The number of nitrogens with zero attached hydrogens (tertiary/aromatic N) is 4. The molecule has 4 aromatic rings. The average molecular weight is 416 g/mol. The molecular formula is C24H24N4O3.